The van der Waals surface area contributed by atoms with E-state index in [-0.39, 0.29) is 24.5 Å². The second-order valence-corrected chi connectivity index (χ2v) is 3.90. The van der Waals surface area contributed by atoms with Crippen LogP contribution >= 0.6 is 11.8 Å². The molecule has 3 amide bonds. The van der Waals surface area contributed by atoms with Gasteiger partial charge in [0.25, 0.3) is 5.91 Å². The molecular formula is C8H8N2O2S. The number of carbonyl (C=O) groups is 2. The van der Waals surface area contributed by atoms with Crippen LogP contribution in [0.4, 0.5) is 4.79 Å². The maximum atomic E-state index is 11.5. The zero-order valence-corrected chi connectivity index (χ0v) is 7.71. The number of thioether (sulfide) groups is 1. The number of nitrogens with zero attached hydrogens (tertiary/aromatic N) is 2. The molecule has 0 aliphatic carbocycles. The van der Waals surface area contributed by atoms with Gasteiger partial charge in [0.2, 0.25) is 0 Å². The minimum Gasteiger partial charge on any atom is -0.302 e. The highest BCUT2D eigenvalue weighted by molar-refractivity contribution is 7.99. The van der Waals surface area contributed by atoms with Crippen molar-refractivity contribution in [2.45, 2.75) is 6.04 Å². The number of carbonyl (C=O) groups excluding carboxylic acids is 2. The number of fused-ring (bicyclic) bond motifs is 1. The topological polar surface area (TPSA) is 40.6 Å². The predicted octanol–water partition coefficient (Wildman–Crippen LogP) is -0.0433. The molecule has 2 rings (SSSR count). The Balaban J connectivity index is 2.22. The molecule has 4 nitrogen and oxygen atoms in total. The van der Waals surface area contributed by atoms with Crippen LogP contribution in [0, 0.1) is 12.3 Å². The zero-order valence-electron chi connectivity index (χ0n) is 6.90. The van der Waals surface area contributed by atoms with Gasteiger partial charge < -0.3 is 4.90 Å². The lowest BCUT2D eigenvalue weighted by Crippen LogP contribution is -2.33. The standard InChI is InChI=1S/C8H8N2O2S/c1-2-3-9-7(11)6-4-13-5-10(6)8(9)12/h1,6H,3-5H2. The van der Waals surface area contributed by atoms with Gasteiger partial charge in [-0.25, -0.2) is 4.79 Å². The summed E-state index contributed by atoms with van der Waals surface area (Å²) in [6.07, 6.45) is 5.06. The largest absolute Gasteiger partial charge is 0.329 e. The molecule has 1 unspecified atom stereocenters. The molecule has 1 atom stereocenters. The molecule has 0 N–H and O–H groups in total. The predicted molar refractivity (Wildman–Crippen MR) is 48.9 cm³/mol. The summed E-state index contributed by atoms with van der Waals surface area (Å²) in [6.45, 7) is 0.0926. The summed E-state index contributed by atoms with van der Waals surface area (Å²) < 4.78 is 0. The fourth-order valence-electron chi connectivity index (χ4n) is 1.50. The maximum Gasteiger partial charge on any atom is 0.329 e. The SMILES string of the molecule is C#CCN1C(=O)C2CSCN2C1=O. The van der Waals surface area contributed by atoms with Crippen LogP contribution in [0.2, 0.25) is 0 Å². The molecule has 0 spiro atoms. The molecule has 2 aliphatic rings. The van der Waals surface area contributed by atoms with Crippen LogP contribution in [0.3, 0.4) is 0 Å². The lowest BCUT2D eigenvalue weighted by molar-refractivity contribution is -0.127. The van der Waals surface area contributed by atoms with Crippen molar-refractivity contribution in [3.63, 3.8) is 0 Å². The van der Waals surface area contributed by atoms with E-state index in [0.717, 1.165) is 4.90 Å². The summed E-state index contributed by atoms with van der Waals surface area (Å²) in [7, 11) is 0. The Labute approximate surface area is 80.2 Å². The van der Waals surface area contributed by atoms with Crippen molar-refractivity contribution in [3.8, 4) is 12.3 Å². The van der Waals surface area contributed by atoms with Gasteiger partial charge in [-0.05, 0) is 0 Å². The average Bonchev–Trinajstić information content (AvgIpc) is 2.66. The zero-order chi connectivity index (χ0) is 9.42. The number of terminal acetylenes is 1. The number of rotatable bonds is 1. The summed E-state index contributed by atoms with van der Waals surface area (Å²) in [4.78, 5) is 25.8. The molecule has 2 fully saturated rings. The fraction of sp³-hybridized carbons (Fsp3) is 0.500. The Hall–Kier alpha value is -1.15. The molecule has 0 bridgehead atoms. The first kappa shape index (κ1) is 8.45. The van der Waals surface area contributed by atoms with Gasteiger partial charge in [-0.3, -0.25) is 9.69 Å². The van der Waals surface area contributed by atoms with Crippen molar-refractivity contribution < 1.29 is 9.59 Å². The molecule has 5 heteroatoms. The summed E-state index contributed by atoms with van der Waals surface area (Å²) in [6, 6.07) is -0.496. The van der Waals surface area contributed by atoms with Crippen molar-refractivity contribution in [1.29, 1.82) is 0 Å². The van der Waals surface area contributed by atoms with E-state index in [9.17, 15) is 9.59 Å². The number of hydrogen-bond acceptors (Lipinski definition) is 3. The minimum absolute atomic E-state index is 0.0926. The molecule has 13 heavy (non-hydrogen) atoms. The van der Waals surface area contributed by atoms with Gasteiger partial charge in [0.05, 0.1) is 12.4 Å². The van der Waals surface area contributed by atoms with Crippen LogP contribution < -0.4 is 0 Å². The van der Waals surface area contributed by atoms with Crippen LogP contribution in [0.1, 0.15) is 0 Å². The summed E-state index contributed by atoms with van der Waals surface area (Å²) in [5.74, 6) is 3.47. The number of imide groups is 1. The van der Waals surface area contributed by atoms with E-state index in [0.29, 0.717) is 11.6 Å². The van der Waals surface area contributed by atoms with Crippen LogP contribution in [0.25, 0.3) is 0 Å². The van der Waals surface area contributed by atoms with E-state index in [2.05, 4.69) is 5.92 Å². The lowest BCUT2D eigenvalue weighted by atomic mass is 10.3. The Morgan fingerprint density at radius 1 is 1.62 bits per heavy atom. The van der Waals surface area contributed by atoms with E-state index < -0.39 is 0 Å². The van der Waals surface area contributed by atoms with Crippen LogP contribution in [0.15, 0.2) is 0 Å². The lowest BCUT2D eigenvalue weighted by Gasteiger charge is -2.11. The van der Waals surface area contributed by atoms with Gasteiger partial charge in [0.15, 0.2) is 0 Å². The molecule has 68 valence electrons. The first-order valence-electron chi connectivity index (χ1n) is 3.89. The highest BCUT2D eigenvalue weighted by Crippen LogP contribution is 2.28. The molecule has 2 saturated heterocycles. The van der Waals surface area contributed by atoms with Gasteiger partial charge in [-0.2, -0.15) is 0 Å². The smallest absolute Gasteiger partial charge is 0.302 e. The molecule has 0 saturated carbocycles. The second-order valence-electron chi connectivity index (χ2n) is 2.90. The second kappa shape index (κ2) is 2.96. The normalized spacial score (nSPS) is 26.5. The molecule has 2 heterocycles. The van der Waals surface area contributed by atoms with Crippen molar-refractivity contribution in [3.05, 3.63) is 0 Å². The Morgan fingerprint density at radius 3 is 3.00 bits per heavy atom. The number of amides is 3. The maximum absolute atomic E-state index is 11.5. The van der Waals surface area contributed by atoms with Crippen molar-refractivity contribution in [2.24, 2.45) is 0 Å². The van der Waals surface area contributed by atoms with E-state index in [1.807, 2.05) is 0 Å². The van der Waals surface area contributed by atoms with Gasteiger partial charge in [-0.1, -0.05) is 5.92 Å². The summed E-state index contributed by atoms with van der Waals surface area (Å²) in [5, 5.41) is 0. The van der Waals surface area contributed by atoms with E-state index in [1.165, 1.54) is 0 Å². The van der Waals surface area contributed by atoms with Gasteiger partial charge >= 0.3 is 6.03 Å². The Kier molecular flexibility index (Phi) is 1.93. The molecule has 0 radical (unpaired) electrons. The third-order valence-electron chi connectivity index (χ3n) is 2.16. The van der Waals surface area contributed by atoms with Crippen LogP contribution in [0.5, 0.6) is 0 Å². The summed E-state index contributed by atoms with van der Waals surface area (Å²) >= 11 is 1.60. The Bertz CT molecular complexity index is 288. The van der Waals surface area contributed by atoms with Crippen molar-refractivity contribution in [1.82, 2.24) is 9.80 Å². The van der Waals surface area contributed by atoms with Gasteiger partial charge in [0, 0.05) is 5.75 Å². The van der Waals surface area contributed by atoms with E-state index >= 15 is 0 Å². The average molecular weight is 196 g/mol. The van der Waals surface area contributed by atoms with Crippen LogP contribution in [-0.4, -0.2) is 46.0 Å². The minimum atomic E-state index is -0.258. The molecule has 0 aromatic heterocycles. The molecule has 0 aromatic carbocycles. The molecule has 2 aliphatic heterocycles. The Morgan fingerprint density at radius 2 is 2.38 bits per heavy atom. The highest BCUT2D eigenvalue weighted by Gasteiger charge is 2.47. The first-order chi connectivity index (χ1) is 6.25. The number of urea groups is 1. The molecular weight excluding hydrogens is 188 g/mol. The third-order valence-corrected chi connectivity index (χ3v) is 3.17. The quantitative estimate of drug-likeness (QED) is 0.436. The van der Waals surface area contributed by atoms with Crippen molar-refractivity contribution >= 4 is 23.7 Å². The first-order valence-corrected chi connectivity index (χ1v) is 5.04. The monoisotopic (exact) mass is 196 g/mol. The molecule has 0 aromatic rings. The van der Waals surface area contributed by atoms with Crippen molar-refractivity contribution in [2.75, 3.05) is 18.2 Å². The van der Waals surface area contributed by atoms with Crippen LogP contribution in [-0.2, 0) is 4.79 Å². The van der Waals surface area contributed by atoms with Gasteiger partial charge in [0.1, 0.15) is 6.04 Å². The number of hydrogen-bond donors (Lipinski definition) is 0. The van der Waals surface area contributed by atoms with E-state index in [1.54, 1.807) is 16.7 Å². The van der Waals surface area contributed by atoms with Gasteiger partial charge in [-0.15, -0.1) is 18.2 Å². The third kappa shape index (κ3) is 1.10. The summed E-state index contributed by atoms with van der Waals surface area (Å²) in [5.41, 5.74) is 0. The highest BCUT2D eigenvalue weighted by atomic mass is 32.2. The fourth-order valence-corrected chi connectivity index (χ4v) is 2.64. The van der Waals surface area contributed by atoms with E-state index in [4.69, 9.17) is 6.42 Å².